The van der Waals surface area contributed by atoms with Gasteiger partial charge in [-0.3, -0.25) is 4.90 Å². The average Bonchev–Trinajstić information content (AvgIpc) is 2.15. The first-order chi connectivity index (χ1) is 7.80. The van der Waals surface area contributed by atoms with Crippen LogP contribution in [0, 0.1) is 18.8 Å². The van der Waals surface area contributed by atoms with E-state index in [1.807, 2.05) is 14.1 Å². The van der Waals surface area contributed by atoms with E-state index in [1.54, 1.807) is 0 Å². The molecular weight excluding hydrogens is 206 g/mol. The lowest BCUT2D eigenvalue weighted by Gasteiger charge is -2.21. The second kappa shape index (κ2) is 5.38. The SMILES string of the molecule is Cc1ccc(C(C)(C)C)c(C#CCN(C)C)c1. The second-order valence-corrected chi connectivity index (χ2v) is 5.84. The van der Waals surface area contributed by atoms with Crippen LogP contribution in [-0.2, 0) is 5.41 Å². The first kappa shape index (κ1) is 13.8. The lowest BCUT2D eigenvalue weighted by Crippen LogP contribution is -2.14. The van der Waals surface area contributed by atoms with E-state index in [0.29, 0.717) is 0 Å². The Bertz CT molecular complexity index is 439. The Labute approximate surface area is 106 Å². The van der Waals surface area contributed by atoms with E-state index < -0.39 is 0 Å². The van der Waals surface area contributed by atoms with Crippen LogP contribution < -0.4 is 0 Å². The fraction of sp³-hybridized carbons (Fsp3) is 0.500. The minimum Gasteiger partial charge on any atom is -0.299 e. The van der Waals surface area contributed by atoms with Crippen molar-refractivity contribution in [2.24, 2.45) is 0 Å². The van der Waals surface area contributed by atoms with Gasteiger partial charge >= 0.3 is 0 Å². The maximum atomic E-state index is 3.30. The number of benzene rings is 1. The van der Waals surface area contributed by atoms with Gasteiger partial charge in [-0.05, 0) is 43.6 Å². The largest absolute Gasteiger partial charge is 0.299 e. The highest BCUT2D eigenvalue weighted by atomic mass is 15.0. The van der Waals surface area contributed by atoms with E-state index in [9.17, 15) is 0 Å². The molecule has 92 valence electrons. The van der Waals surface area contributed by atoms with Crippen LogP contribution in [-0.4, -0.2) is 25.5 Å². The van der Waals surface area contributed by atoms with Crippen LogP contribution in [0.2, 0.25) is 0 Å². The number of hydrogen-bond donors (Lipinski definition) is 0. The molecule has 0 unspecified atom stereocenters. The molecule has 0 saturated heterocycles. The normalized spacial score (nSPS) is 11.2. The standard InChI is InChI=1S/C16H23N/c1-13-9-10-15(16(2,3)4)14(12-13)8-7-11-17(5)6/h9-10,12H,11H2,1-6H3. The lowest BCUT2D eigenvalue weighted by molar-refractivity contribution is 0.464. The van der Waals surface area contributed by atoms with Crippen LogP contribution in [0.4, 0.5) is 0 Å². The Kier molecular flexibility index (Phi) is 4.37. The fourth-order valence-electron chi connectivity index (χ4n) is 1.71. The molecule has 0 fully saturated rings. The third-order valence-electron chi connectivity index (χ3n) is 2.60. The Morgan fingerprint density at radius 3 is 2.35 bits per heavy atom. The molecule has 0 saturated carbocycles. The van der Waals surface area contributed by atoms with Crippen molar-refractivity contribution >= 4 is 0 Å². The van der Waals surface area contributed by atoms with Gasteiger partial charge < -0.3 is 0 Å². The van der Waals surface area contributed by atoms with Crippen molar-refractivity contribution in [3.63, 3.8) is 0 Å². The predicted molar refractivity (Wildman–Crippen MR) is 75.3 cm³/mol. The quantitative estimate of drug-likeness (QED) is 0.668. The zero-order chi connectivity index (χ0) is 13.1. The minimum atomic E-state index is 0.149. The molecule has 0 spiro atoms. The van der Waals surface area contributed by atoms with Crippen molar-refractivity contribution in [1.82, 2.24) is 4.90 Å². The van der Waals surface area contributed by atoms with Gasteiger partial charge in [-0.1, -0.05) is 44.7 Å². The van der Waals surface area contributed by atoms with Crippen LogP contribution in [0.5, 0.6) is 0 Å². The van der Waals surface area contributed by atoms with Crippen molar-refractivity contribution in [2.75, 3.05) is 20.6 Å². The van der Waals surface area contributed by atoms with Crippen molar-refractivity contribution in [3.8, 4) is 11.8 Å². The Balaban J connectivity index is 3.11. The van der Waals surface area contributed by atoms with Crippen LogP contribution in [0.3, 0.4) is 0 Å². The molecule has 1 nitrogen and oxygen atoms in total. The summed E-state index contributed by atoms with van der Waals surface area (Å²) in [5, 5.41) is 0. The van der Waals surface area contributed by atoms with Crippen LogP contribution in [0.1, 0.15) is 37.5 Å². The summed E-state index contributed by atoms with van der Waals surface area (Å²) in [7, 11) is 4.07. The molecule has 0 aliphatic heterocycles. The van der Waals surface area contributed by atoms with E-state index in [1.165, 1.54) is 16.7 Å². The summed E-state index contributed by atoms with van der Waals surface area (Å²) in [6.07, 6.45) is 0. The zero-order valence-corrected chi connectivity index (χ0v) is 11.9. The molecule has 1 heteroatoms. The predicted octanol–water partition coefficient (Wildman–Crippen LogP) is 3.21. The number of rotatable bonds is 1. The molecule has 0 N–H and O–H groups in total. The van der Waals surface area contributed by atoms with Gasteiger partial charge in [-0.15, -0.1) is 0 Å². The Morgan fingerprint density at radius 2 is 1.82 bits per heavy atom. The minimum absolute atomic E-state index is 0.149. The number of aryl methyl sites for hydroxylation is 1. The lowest BCUT2D eigenvalue weighted by atomic mass is 9.83. The zero-order valence-electron chi connectivity index (χ0n) is 11.9. The monoisotopic (exact) mass is 229 g/mol. The summed E-state index contributed by atoms with van der Waals surface area (Å²) >= 11 is 0. The van der Waals surface area contributed by atoms with E-state index in [-0.39, 0.29) is 5.41 Å². The molecule has 0 aliphatic carbocycles. The van der Waals surface area contributed by atoms with Crippen molar-refractivity contribution in [1.29, 1.82) is 0 Å². The highest BCUT2D eigenvalue weighted by molar-refractivity contribution is 5.46. The molecule has 1 aromatic carbocycles. The van der Waals surface area contributed by atoms with Gasteiger partial charge in [-0.25, -0.2) is 0 Å². The third-order valence-corrected chi connectivity index (χ3v) is 2.60. The molecule has 17 heavy (non-hydrogen) atoms. The summed E-state index contributed by atoms with van der Waals surface area (Å²) in [5.74, 6) is 6.52. The number of hydrogen-bond acceptors (Lipinski definition) is 1. The Morgan fingerprint density at radius 1 is 1.18 bits per heavy atom. The summed E-state index contributed by atoms with van der Waals surface area (Å²) in [6.45, 7) is 9.61. The van der Waals surface area contributed by atoms with E-state index in [4.69, 9.17) is 0 Å². The average molecular weight is 229 g/mol. The van der Waals surface area contributed by atoms with Gasteiger partial charge in [0.15, 0.2) is 0 Å². The van der Waals surface area contributed by atoms with Gasteiger partial charge in [0.25, 0.3) is 0 Å². The highest BCUT2D eigenvalue weighted by Gasteiger charge is 2.16. The van der Waals surface area contributed by atoms with Crippen molar-refractivity contribution in [3.05, 3.63) is 34.9 Å². The van der Waals surface area contributed by atoms with Crippen molar-refractivity contribution in [2.45, 2.75) is 33.1 Å². The molecule has 0 aromatic heterocycles. The first-order valence-corrected chi connectivity index (χ1v) is 6.05. The molecule has 0 bridgehead atoms. The highest BCUT2D eigenvalue weighted by Crippen LogP contribution is 2.26. The van der Waals surface area contributed by atoms with Gasteiger partial charge in [0.2, 0.25) is 0 Å². The molecule has 0 radical (unpaired) electrons. The molecular formula is C16H23N. The molecule has 1 aromatic rings. The summed E-state index contributed by atoms with van der Waals surface area (Å²) in [6, 6.07) is 6.55. The van der Waals surface area contributed by atoms with Crippen molar-refractivity contribution < 1.29 is 0 Å². The Hall–Kier alpha value is -1.26. The van der Waals surface area contributed by atoms with E-state index in [2.05, 4.69) is 62.6 Å². The fourth-order valence-corrected chi connectivity index (χ4v) is 1.71. The van der Waals surface area contributed by atoms with E-state index in [0.717, 1.165) is 6.54 Å². The first-order valence-electron chi connectivity index (χ1n) is 6.05. The van der Waals surface area contributed by atoms with Gasteiger partial charge in [0.1, 0.15) is 0 Å². The van der Waals surface area contributed by atoms with E-state index >= 15 is 0 Å². The summed E-state index contributed by atoms with van der Waals surface area (Å²) < 4.78 is 0. The molecule has 0 heterocycles. The topological polar surface area (TPSA) is 3.24 Å². The van der Waals surface area contributed by atoms with Crippen LogP contribution >= 0.6 is 0 Å². The van der Waals surface area contributed by atoms with Crippen LogP contribution in [0.25, 0.3) is 0 Å². The van der Waals surface area contributed by atoms with Gasteiger partial charge in [0.05, 0.1) is 6.54 Å². The third kappa shape index (κ3) is 4.24. The molecule has 0 aliphatic rings. The number of nitrogens with zero attached hydrogens (tertiary/aromatic N) is 1. The molecule has 0 amide bonds. The summed E-state index contributed by atoms with van der Waals surface area (Å²) in [4.78, 5) is 2.08. The smallest absolute Gasteiger partial charge is 0.0600 e. The van der Waals surface area contributed by atoms with Crippen LogP contribution in [0.15, 0.2) is 18.2 Å². The molecule has 1 rings (SSSR count). The summed E-state index contributed by atoms with van der Waals surface area (Å²) in [5.41, 5.74) is 3.91. The molecule has 0 atom stereocenters. The van der Waals surface area contributed by atoms with Gasteiger partial charge in [0, 0.05) is 5.56 Å². The van der Waals surface area contributed by atoms with Gasteiger partial charge in [-0.2, -0.15) is 0 Å². The maximum Gasteiger partial charge on any atom is 0.0600 e. The second-order valence-electron chi connectivity index (χ2n) is 5.84. The maximum absolute atomic E-state index is 3.30.